The number of thiophene rings is 1. The smallest absolute Gasteiger partial charge is 0.244 e. The van der Waals surface area contributed by atoms with Crippen molar-refractivity contribution in [3.8, 4) is 5.75 Å². The Morgan fingerprint density at radius 2 is 1.91 bits per heavy atom. The molecule has 0 N–H and O–H groups in total. The van der Waals surface area contributed by atoms with Crippen molar-refractivity contribution in [3.63, 3.8) is 0 Å². The summed E-state index contributed by atoms with van der Waals surface area (Å²) in [5, 5.41) is 6.53. The van der Waals surface area contributed by atoms with Crippen LogP contribution in [0.25, 0.3) is 0 Å². The van der Waals surface area contributed by atoms with E-state index >= 15 is 0 Å². The Morgan fingerprint density at radius 3 is 2.62 bits per heavy atom. The number of hydrogen-bond donors (Lipinski definition) is 0. The van der Waals surface area contributed by atoms with E-state index in [9.17, 15) is 4.79 Å². The first kappa shape index (κ1) is 24.4. The Hall–Kier alpha value is -2.68. The molecular formula is C26H35N5O2S. The first-order valence-corrected chi connectivity index (χ1v) is 12.8. The van der Waals surface area contributed by atoms with E-state index in [1.54, 1.807) is 16.0 Å². The number of amides is 1. The molecule has 0 atom stereocenters. The monoisotopic (exact) mass is 481 g/mol. The van der Waals surface area contributed by atoms with Gasteiger partial charge in [-0.05, 0) is 56.1 Å². The van der Waals surface area contributed by atoms with Gasteiger partial charge in [-0.2, -0.15) is 5.10 Å². The summed E-state index contributed by atoms with van der Waals surface area (Å²) in [6.07, 6.45) is 0. The van der Waals surface area contributed by atoms with Crippen molar-refractivity contribution in [2.45, 2.75) is 33.5 Å². The Labute approximate surface area is 206 Å². The number of ether oxygens (including phenoxy) is 1. The number of rotatable bonds is 10. The van der Waals surface area contributed by atoms with Gasteiger partial charge in [-0.3, -0.25) is 19.3 Å². The summed E-state index contributed by atoms with van der Waals surface area (Å²) in [7, 11) is 2.15. The van der Waals surface area contributed by atoms with Gasteiger partial charge in [0, 0.05) is 56.4 Å². The summed E-state index contributed by atoms with van der Waals surface area (Å²) in [6, 6.07) is 14.7. The summed E-state index contributed by atoms with van der Waals surface area (Å²) in [5.74, 6) is 1.06. The minimum atomic E-state index is 0.142. The van der Waals surface area contributed by atoms with Gasteiger partial charge in [-0.15, -0.1) is 11.3 Å². The largest absolute Gasteiger partial charge is 0.492 e. The van der Waals surface area contributed by atoms with Gasteiger partial charge >= 0.3 is 0 Å². The number of nitrogens with zero attached hydrogens (tertiary/aromatic N) is 5. The quantitative estimate of drug-likeness (QED) is 0.444. The summed E-state index contributed by atoms with van der Waals surface area (Å²) < 4.78 is 7.85. The SMILES string of the molecule is Cc1cc(C)n(CC(=O)N2CCN(CCOc3cccc(CN(C)Cc4cccs4)c3)CC2)n1. The molecule has 182 valence electrons. The fourth-order valence-electron chi connectivity index (χ4n) is 4.35. The number of carbonyl (C=O) groups excluding carboxylic acids is 1. The lowest BCUT2D eigenvalue weighted by Gasteiger charge is -2.34. The average Bonchev–Trinajstić information content (AvgIpc) is 3.43. The molecule has 2 aromatic heterocycles. The summed E-state index contributed by atoms with van der Waals surface area (Å²) in [6.45, 7) is 10.9. The predicted molar refractivity (Wildman–Crippen MR) is 136 cm³/mol. The second-order valence-electron chi connectivity index (χ2n) is 9.05. The van der Waals surface area contributed by atoms with Crippen LogP contribution in [0.1, 0.15) is 21.8 Å². The van der Waals surface area contributed by atoms with Crippen molar-refractivity contribution < 1.29 is 9.53 Å². The maximum absolute atomic E-state index is 12.7. The van der Waals surface area contributed by atoms with Crippen LogP contribution in [0.3, 0.4) is 0 Å². The Morgan fingerprint density at radius 1 is 1.09 bits per heavy atom. The van der Waals surface area contributed by atoms with Crippen LogP contribution in [0.15, 0.2) is 47.8 Å². The fraction of sp³-hybridized carbons (Fsp3) is 0.462. The van der Waals surface area contributed by atoms with Crippen LogP contribution < -0.4 is 4.74 Å². The predicted octanol–water partition coefficient (Wildman–Crippen LogP) is 3.42. The van der Waals surface area contributed by atoms with Crippen molar-refractivity contribution >= 4 is 17.2 Å². The number of aromatic nitrogens is 2. The lowest BCUT2D eigenvalue weighted by Crippen LogP contribution is -2.50. The molecule has 1 saturated heterocycles. The van der Waals surface area contributed by atoms with Gasteiger partial charge in [0.2, 0.25) is 5.91 Å². The van der Waals surface area contributed by atoms with Gasteiger partial charge in [-0.1, -0.05) is 18.2 Å². The van der Waals surface area contributed by atoms with Crippen molar-refractivity contribution in [2.75, 3.05) is 46.4 Å². The van der Waals surface area contributed by atoms with Crippen LogP contribution in [-0.4, -0.2) is 76.8 Å². The maximum Gasteiger partial charge on any atom is 0.244 e. The van der Waals surface area contributed by atoms with Gasteiger partial charge in [0.25, 0.3) is 0 Å². The maximum atomic E-state index is 12.7. The summed E-state index contributed by atoms with van der Waals surface area (Å²) >= 11 is 1.80. The zero-order valence-electron chi connectivity index (χ0n) is 20.4. The molecule has 0 radical (unpaired) electrons. The van der Waals surface area contributed by atoms with E-state index in [-0.39, 0.29) is 5.91 Å². The molecule has 0 bridgehead atoms. The lowest BCUT2D eigenvalue weighted by molar-refractivity contribution is -0.133. The zero-order chi connectivity index (χ0) is 23.9. The van der Waals surface area contributed by atoms with Crippen LogP contribution in [0.5, 0.6) is 5.75 Å². The highest BCUT2D eigenvalue weighted by molar-refractivity contribution is 7.09. The van der Waals surface area contributed by atoms with Crippen LogP contribution in [0, 0.1) is 13.8 Å². The second kappa shape index (κ2) is 11.6. The van der Waals surface area contributed by atoms with Crippen LogP contribution in [0.2, 0.25) is 0 Å². The van der Waals surface area contributed by atoms with Gasteiger partial charge in [0.15, 0.2) is 0 Å². The highest BCUT2D eigenvalue weighted by atomic mass is 32.1. The molecule has 0 spiro atoms. The molecule has 0 saturated carbocycles. The molecule has 8 heteroatoms. The highest BCUT2D eigenvalue weighted by Crippen LogP contribution is 2.17. The number of benzene rings is 1. The molecule has 1 aromatic carbocycles. The second-order valence-corrected chi connectivity index (χ2v) is 10.1. The van der Waals surface area contributed by atoms with Crippen LogP contribution in [0.4, 0.5) is 0 Å². The van der Waals surface area contributed by atoms with Crippen molar-refractivity contribution in [3.05, 3.63) is 69.7 Å². The number of aryl methyl sites for hydroxylation is 2. The molecule has 0 aliphatic carbocycles. The first-order valence-electron chi connectivity index (χ1n) is 11.9. The highest BCUT2D eigenvalue weighted by Gasteiger charge is 2.21. The fourth-order valence-corrected chi connectivity index (χ4v) is 5.13. The van der Waals surface area contributed by atoms with Gasteiger partial charge < -0.3 is 9.64 Å². The molecule has 7 nitrogen and oxygen atoms in total. The van der Waals surface area contributed by atoms with E-state index in [1.807, 2.05) is 30.9 Å². The molecule has 1 fully saturated rings. The van der Waals surface area contributed by atoms with Crippen LogP contribution in [-0.2, 0) is 24.4 Å². The average molecular weight is 482 g/mol. The summed E-state index contributed by atoms with van der Waals surface area (Å²) in [4.78, 5) is 20.7. The molecule has 1 aliphatic rings. The van der Waals surface area contributed by atoms with E-state index in [1.165, 1.54) is 10.4 Å². The number of hydrogen-bond acceptors (Lipinski definition) is 6. The summed E-state index contributed by atoms with van der Waals surface area (Å²) in [5.41, 5.74) is 3.23. The molecule has 1 amide bonds. The van der Waals surface area contributed by atoms with Crippen molar-refractivity contribution in [1.29, 1.82) is 0 Å². The Kier molecular flexibility index (Phi) is 8.37. The third-order valence-corrected chi connectivity index (χ3v) is 7.01. The molecule has 34 heavy (non-hydrogen) atoms. The van der Waals surface area contributed by atoms with Crippen LogP contribution >= 0.6 is 11.3 Å². The van der Waals surface area contributed by atoms with Gasteiger partial charge in [0.05, 0.1) is 5.69 Å². The lowest BCUT2D eigenvalue weighted by atomic mass is 10.2. The normalized spacial score (nSPS) is 14.6. The third kappa shape index (κ3) is 6.91. The van der Waals surface area contributed by atoms with Crippen molar-refractivity contribution in [1.82, 2.24) is 24.5 Å². The van der Waals surface area contributed by atoms with E-state index in [4.69, 9.17) is 4.74 Å². The molecule has 1 aliphatic heterocycles. The molecular weight excluding hydrogens is 446 g/mol. The van der Waals surface area contributed by atoms with E-state index in [2.05, 4.69) is 57.7 Å². The number of carbonyl (C=O) groups is 1. The molecule has 3 aromatic rings. The van der Waals surface area contributed by atoms with E-state index in [0.717, 1.165) is 63.0 Å². The Balaban J connectivity index is 1.16. The zero-order valence-corrected chi connectivity index (χ0v) is 21.3. The molecule has 4 rings (SSSR count). The molecule has 0 unspecified atom stereocenters. The minimum Gasteiger partial charge on any atom is -0.492 e. The Bertz CT molecular complexity index is 1060. The van der Waals surface area contributed by atoms with Crippen molar-refractivity contribution in [2.24, 2.45) is 0 Å². The van der Waals surface area contributed by atoms with E-state index < -0.39 is 0 Å². The van der Waals surface area contributed by atoms with Gasteiger partial charge in [0.1, 0.15) is 18.9 Å². The minimum absolute atomic E-state index is 0.142. The first-order chi connectivity index (χ1) is 16.5. The van der Waals surface area contributed by atoms with E-state index in [0.29, 0.717) is 13.2 Å². The number of piperazine rings is 1. The topological polar surface area (TPSA) is 53.8 Å². The van der Waals surface area contributed by atoms with Gasteiger partial charge in [-0.25, -0.2) is 0 Å². The third-order valence-electron chi connectivity index (χ3n) is 6.15. The standard InChI is InChI=1S/C26H35N5O2S/c1-21-16-22(2)31(27-21)20-26(32)30-11-9-29(10-12-30)13-14-33-24-7-4-6-23(17-24)18-28(3)19-25-8-5-15-34-25/h4-8,15-17H,9-14,18-20H2,1-3H3. The molecule has 3 heterocycles.